The van der Waals surface area contributed by atoms with Crippen LogP contribution in [0.4, 0.5) is 4.39 Å². The average molecular weight is 271 g/mol. The molecule has 0 aliphatic rings. The van der Waals surface area contributed by atoms with Crippen molar-refractivity contribution in [3.05, 3.63) is 34.1 Å². The summed E-state index contributed by atoms with van der Waals surface area (Å²) in [4.78, 5) is 1.88. The molecule has 0 aromatic heterocycles. The van der Waals surface area contributed by atoms with Gasteiger partial charge in [0.1, 0.15) is 5.82 Å². The van der Waals surface area contributed by atoms with Gasteiger partial charge in [0.05, 0.1) is 12.6 Å². The highest BCUT2D eigenvalue weighted by molar-refractivity contribution is 9.10. The zero-order valence-electron chi connectivity index (χ0n) is 8.50. The zero-order chi connectivity index (χ0) is 11.3. The molecule has 1 aromatic rings. The minimum atomic E-state index is -0.235. The molecule has 0 spiro atoms. The van der Waals surface area contributed by atoms with Crippen LogP contribution < -0.4 is 0 Å². The number of rotatable bonds is 4. The van der Waals surface area contributed by atoms with E-state index in [-0.39, 0.29) is 5.82 Å². The minimum absolute atomic E-state index is 0.235. The van der Waals surface area contributed by atoms with Gasteiger partial charge in [-0.25, -0.2) is 4.39 Å². The second-order valence-corrected chi connectivity index (χ2v) is 4.11. The van der Waals surface area contributed by atoms with Crippen molar-refractivity contribution < 1.29 is 4.39 Å². The predicted molar refractivity (Wildman–Crippen MR) is 60.7 cm³/mol. The lowest BCUT2D eigenvalue weighted by molar-refractivity contribution is 0.309. The summed E-state index contributed by atoms with van der Waals surface area (Å²) in [5.41, 5.74) is 0.621. The van der Waals surface area contributed by atoms with E-state index < -0.39 is 0 Å². The van der Waals surface area contributed by atoms with E-state index in [1.54, 1.807) is 12.1 Å². The summed E-state index contributed by atoms with van der Waals surface area (Å²) in [5, 5.41) is 8.57. The summed E-state index contributed by atoms with van der Waals surface area (Å²) in [6.45, 7) is 3.49. The van der Waals surface area contributed by atoms with Crippen LogP contribution in [0.15, 0.2) is 22.7 Å². The van der Waals surface area contributed by atoms with Gasteiger partial charge in [-0.3, -0.25) is 4.90 Å². The van der Waals surface area contributed by atoms with Crippen molar-refractivity contribution in [1.82, 2.24) is 4.90 Å². The van der Waals surface area contributed by atoms with E-state index >= 15 is 0 Å². The third-order valence-corrected chi connectivity index (χ3v) is 2.64. The van der Waals surface area contributed by atoms with Crippen LogP contribution in [0.25, 0.3) is 0 Å². The van der Waals surface area contributed by atoms with Crippen LogP contribution in [0.1, 0.15) is 12.5 Å². The normalized spacial score (nSPS) is 10.3. The lowest BCUT2D eigenvalue weighted by Crippen LogP contribution is -2.23. The Bertz CT molecular complexity index is 373. The first kappa shape index (κ1) is 12.2. The fourth-order valence-corrected chi connectivity index (χ4v) is 1.60. The fraction of sp³-hybridized carbons (Fsp3) is 0.364. The third-order valence-electron chi connectivity index (χ3n) is 2.15. The SMILES string of the molecule is CCN(CC#N)Cc1ccc(Br)cc1F. The van der Waals surface area contributed by atoms with E-state index in [4.69, 9.17) is 5.26 Å². The van der Waals surface area contributed by atoms with Crippen LogP contribution in [0.3, 0.4) is 0 Å². The van der Waals surface area contributed by atoms with Crippen LogP contribution in [0.5, 0.6) is 0 Å². The molecule has 15 heavy (non-hydrogen) atoms. The molecule has 80 valence electrons. The van der Waals surface area contributed by atoms with E-state index in [9.17, 15) is 4.39 Å². The first-order chi connectivity index (χ1) is 7.17. The number of nitrogens with zero attached hydrogens (tertiary/aromatic N) is 2. The van der Waals surface area contributed by atoms with E-state index in [2.05, 4.69) is 22.0 Å². The standard InChI is InChI=1S/C11H12BrFN2/c1-2-15(6-5-14)8-9-3-4-10(12)7-11(9)13/h3-4,7H,2,6,8H2,1H3. The Balaban J connectivity index is 2.75. The Hall–Kier alpha value is -0.920. The first-order valence-corrected chi connectivity index (χ1v) is 5.50. The van der Waals surface area contributed by atoms with Gasteiger partial charge in [0.2, 0.25) is 0 Å². The molecule has 0 bridgehead atoms. The molecule has 4 heteroatoms. The fourth-order valence-electron chi connectivity index (χ4n) is 1.27. The van der Waals surface area contributed by atoms with Crippen molar-refractivity contribution in [3.8, 4) is 6.07 Å². The maximum Gasteiger partial charge on any atom is 0.128 e. The molecule has 0 saturated carbocycles. The van der Waals surface area contributed by atoms with E-state index in [1.165, 1.54) is 6.07 Å². The van der Waals surface area contributed by atoms with Gasteiger partial charge in [-0.05, 0) is 18.7 Å². The molecule has 2 nitrogen and oxygen atoms in total. The Labute approximate surface area is 97.4 Å². The zero-order valence-corrected chi connectivity index (χ0v) is 10.1. The lowest BCUT2D eigenvalue weighted by Gasteiger charge is -2.16. The Morgan fingerprint density at radius 3 is 2.80 bits per heavy atom. The van der Waals surface area contributed by atoms with Gasteiger partial charge < -0.3 is 0 Å². The second-order valence-electron chi connectivity index (χ2n) is 3.20. The highest BCUT2D eigenvalue weighted by atomic mass is 79.9. The monoisotopic (exact) mass is 270 g/mol. The number of halogens is 2. The molecule has 0 N–H and O–H groups in total. The van der Waals surface area contributed by atoms with Gasteiger partial charge in [0.25, 0.3) is 0 Å². The summed E-state index contributed by atoms with van der Waals surface area (Å²) in [7, 11) is 0. The summed E-state index contributed by atoms with van der Waals surface area (Å²) in [6, 6.07) is 7.04. The van der Waals surface area contributed by atoms with Crippen molar-refractivity contribution >= 4 is 15.9 Å². The largest absolute Gasteiger partial charge is 0.286 e. The smallest absolute Gasteiger partial charge is 0.128 e. The van der Waals surface area contributed by atoms with Crippen molar-refractivity contribution in [2.45, 2.75) is 13.5 Å². The molecule has 0 fully saturated rings. The third kappa shape index (κ3) is 3.61. The predicted octanol–water partition coefficient (Wildman–Crippen LogP) is 2.93. The van der Waals surface area contributed by atoms with Crippen LogP contribution in [-0.4, -0.2) is 18.0 Å². The molecule has 0 aliphatic heterocycles. The van der Waals surface area contributed by atoms with Crippen LogP contribution in [0.2, 0.25) is 0 Å². The summed E-state index contributed by atoms with van der Waals surface area (Å²) < 4.78 is 14.2. The number of benzene rings is 1. The highest BCUT2D eigenvalue weighted by Crippen LogP contribution is 2.16. The minimum Gasteiger partial charge on any atom is -0.286 e. The quantitative estimate of drug-likeness (QED) is 0.787. The first-order valence-electron chi connectivity index (χ1n) is 4.70. The van der Waals surface area contributed by atoms with Crippen molar-refractivity contribution in [1.29, 1.82) is 5.26 Å². The number of hydrogen-bond acceptors (Lipinski definition) is 2. The number of hydrogen-bond donors (Lipinski definition) is 0. The van der Waals surface area contributed by atoms with E-state index in [1.807, 2.05) is 11.8 Å². The topological polar surface area (TPSA) is 27.0 Å². The van der Waals surface area contributed by atoms with Gasteiger partial charge in [0.15, 0.2) is 0 Å². The molecule has 0 unspecified atom stereocenters. The van der Waals surface area contributed by atoms with Gasteiger partial charge in [-0.2, -0.15) is 5.26 Å². The maximum absolute atomic E-state index is 13.4. The maximum atomic E-state index is 13.4. The molecule has 0 aliphatic carbocycles. The van der Waals surface area contributed by atoms with Crippen LogP contribution >= 0.6 is 15.9 Å². The molecule has 0 atom stereocenters. The molecular weight excluding hydrogens is 259 g/mol. The Kier molecular flexibility index (Phi) is 4.73. The summed E-state index contributed by atoms with van der Waals surface area (Å²) in [6.07, 6.45) is 0. The highest BCUT2D eigenvalue weighted by Gasteiger charge is 2.07. The van der Waals surface area contributed by atoms with E-state index in [0.717, 1.165) is 11.0 Å². The summed E-state index contributed by atoms with van der Waals surface area (Å²) in [5.74, 6) is -0.235. The van der Waals surface area contributed by atoms with Crippen LogP contribution in [0, 0.1) is 17.1 Å². The molecule has 0 saturated heterocycles. The number of nitriles is 1. The van der Waals surface area contributed by atoms with E-state index in [0.29, 0.717) is 18.7 Å². The Morgan fingerprint density at radius 2 is 2.27 bits per heavy atom. The molecule has 0 heterocycles. The lowest BCUT2D eigenvalue weighted by atomic mass is 10.2. The molecular formula is C11H12BrFN2. The van der Waals surface area contributed by atoms with Crippen LogP contribution in [-0.2, 0) is 6.54 Å². The van der Waals surface area contributed by atoms with Gasteiger partial charge >= 0.3 is 0 Å². The Morgan fingerprint density at radius 1 is 1.53 bits per heavy atom. The summed E-state index contributed by atoms with van der Waals surface area (Å²) >= 11 is 3.20. The molecule has 1 aromatic carbocycles. The molecule has 0 radical (unpaired) electrons. The molecule has 0 amide bonds. The molecule has 1 rings (SSSR count). The van der Waals surface area contributed by atoms with Gasteiger partial charge in [-0.15, -0.1) is 0 Å². The second kappa shape index (κ2) is 5.84. The van der Waals surface area contributed by atoms with Crippen molar-refractivity contribution in [3.63, 3.8) is 0 Å². The van der Waals surface area contributed by atoms with Gasteiger partial charge in [0, 0.05) is 16.6 Å². The van der Waals surface area contributed by atoms with Crippen molar-refractivity contribution in [2.24, 2.45) is 0 Å². The average Bonchev–Trinajstić information content (AvgIpc) is 2.21. The van der Waals surface area contributed by atoms with Crippen molar-refractivity contribution in [2.75, 3.05) is 13.1 Å². The van der Waals surface area contributed by atoms with Gasteiger partial charge in [-0.1, -0.05) is 28.9 Å².